The van der Waals surface area contributed by atoms with E-state index in [1.807, 2.05) is 41.4 Å². The van der Waals surface area contributed by atoms with Gasteiger partial charge in [0.15, 0.2) is 0 Å². The number of aromatic nitrogens is 3. The fourth-order valence-electron chi connectivity index (χ4n) is 1.70. The highest BCUT2D eigenvalue weighted by Crippen LogP contribution is 2.14. The Kier molecular flexibility index (Phi) is 3.62. The molecule has 0 bridgehead atoms. The van der Waals surface area contributed by atoms with Crippen LogP contribution >= 0.6 is 22.7 Å². The molecule has 20 heavy (non-hydrogen) atoms. The molecule has 0 saturated heterocycles. The van der Waals surface area contributed by atoms with E-state index in [2.05, 4.69) is 15.6 Å². The van der Waals surface area contributed by atoms with Crippen molar-refractivity contribution < 1.29 is 4.79 Å². The summed E-state index contributed by atoms with van der Waals surface area (Å²) >= 11 is 3.05. The Labute approximate surface area is 123 Å². The normalized spacial score (nSPS) is 10.7. The number of carbonyl (C=O) groups is 1. The number of nitrogens with zero attached hydrogens (tertiary/aromatic N) is 3. The minimum atomic E-state index is -0.0758. The minimum absolute atomic E-state index is 0.0758. The molecular weight excluding hydrogens is 292 g/mol. The van der Waals surface area contributed by atoms with Gasteiger partial charge in [0.2, 0.25) is 0 Å². The van der Waals surface area contributed by atoms with Gasteiger partial charge in [-0.1, -0.05) is 5.21 Å². The number of hydrogen-bond acceptors (Lipinski definition) is 5. The standard InChI is InChI=1S/C13H12N4OS2/c1-9-4-12(20-7-9)13(18)14-5-10-6-17(16-15-10)11-2-3-19-8-11/h2-4,6-8H,5H2,1H3,(H,14,18). The number of nitrogens with one attached hydrogen (secondary N) is 1. The first-order valence-electron chi connectivity index (χ1n) is 5.99. The van der Waals surface area contributed by atoms with Gasteiger partial charge in [-0.15, -0.1) is 16.4 Å². The van der Waals surface area contributed by atoms with E-state index in [0.717, 1.165) is 16.9 Å². The van der Waals surface area contributed by atoms with Crippen LogP contribution in [0.3, 0.4) is 0 Å². The van der Waals surface area contributed by atoms with E-state index in [1.54, 1.807) is 16.0 Å². The summed E-state index contributed by atoms with van der Waals surface area (Å²) in [6.07, 6.45) is 1.82. The molecule has 1 N–H and O–H groups in total. The van der Waals surface area contributed by atoms with Crippen LogP contribution in [0.15, 0.2) is 34.5 Å². The van der Waals surface area contributed by atoms with Crippen molar-refractivity contribution in [2.75, 3.05) is 0 Å². The van der Waals surface area contributed by atoms with Crippen LogP contribution in [0, 0.1) is 6.92 Å². The van der Waals surface area contributed by atoms with Crippen LogP contribution in [-0.4, -0.2) is 20.9 Å². The molecule has 5 nitrogen and oxygen atoms in total. The maximum atomic E-state index is 11.9. The number of rotatable bonds is 4. The molecule has 0 aliphatic rings. The molecule has 3 aromatic rings. The van der Waals surface area contributed by atoms with Gasteiger partial charge in [-0.2, -0.15) is 11.3 Å². The highest BCUT2D eigenvalue weighted by Gasteiger charge is 2.09. The van der Waals surface area contributed by atoms with E-state index < -0.39 is 0 Å². The van der Waals surface area contributed by atoms with Crippen molar-refractivity contribution in [2.24, 2.45) is 0 Å². The van der Waals surface area contributed by atoms with Gasteiger partial charge >= 0.3 is 0 Å². The summed E-state index contributed by atoms with van der Waals surface area (Å²) in [6, 6.07) is 3.85. The zero-order chi connectivity index (χ0) is 13.9. The molecule has 0 unspecified atom stereocenters. The van der Waals surface area contributed by atoms with E-state index >= 15 is 0 Å². The fraction of sp³-hybridized carbons (Fsp3) is 0.154. The number of hydrogen-bond donors (Lipinski definition) is 1. The molecule has 1 amide bonds. The second-order valence-electron chi connectivity index (χ2n) is 4.31. The lowest BCUT2D eigenvalue weighted by atomic mass is 10.3. The molecule has 0 radical (unpaired) electrons. The first-order valence-corrected chi connectivity index (χ1v) is 7.82. The van der Waals surface area contributed by atoms with Gasteiger partial charge < -0.3 is 5.32 Å². The summed E-state index contributed by atoms with van der Waals surface area (Å²) in [5.74, 6) is -0.0758. The third kappa shape index (κ3) is 2.78. The largest absolute Gasteiger partial charge is 0.346 e. The summed E-state index contributed by atoms with van der Waals surface area (Å²) < 4.78 is 1.70. The smallest absolute Gasteiger partial charge is 0.261 e. The average Bonchev–Trinajstić information content (AvgIpc) is 3.16. The second-order valence-corrected chi connectivity index (χ2v) is 6.00. The van der Waals surface area contributed by atoms with E-state index in [4.69, 9.17) is 0 Å². The van der Waals surface area contributed by atoms with Crippen molar-refractivity contribution in [1.82, 2.24) is 20.3 Å². The lowest BCUT2D eigenvalue weighted by Crippen LogP contribution is -2.21. The van der Waals surface area contributed by atoms with Crippen molar-refractivity contribution in [3.63, 3.8) is 0 Å². The molecule has 0 spiro atoms. The van der Waals surface area contributed by atoms with Gasteiger partial charge in [0.25, 0.3) is 5.91 Å². The molecule has 0 aliphatic heterocycles. The molecule has 7 heteroatoms. The minimum Gasteiger partial charge on any atom is -0.346 e. The highest BCUT2D eigenvalue weighted by molar-refractivity contribution is 7.12. The Hall–Kier alpha value is -1.99. The summed E-state index contributed by atoms with van der Waals surface area (Å²) in [5, 5.41) is 16.9. The summed E-state index contributed by atoms with van der Waals surface area (Å²) in [4.78, 5) is 12.6. The van der Waals surface area contributed by atoms with E-state index in [-0.39, 0.29) is 5.91 Å². The molecule has 102 valence electrons. The monoisotopic (exact) mass is 304 g/mol. The predicted molar refractivity (Wildman–Crippen MR) is 79.5 cm³/mol. The number of thiophene rings is 2. The van der Waals surface area contributed by atoms with E-state index in [9.17, 15) is 4.79 Å². The summed E-state index contributed by atoms with van der Waals surface area (Å²) in [7, 11) is 0. The van der Waals surface area contributed by atoms with Crippen LogP contribution in [0.2, 0.25) is 0 Å². The van der Waals surface area contributed by atoms with Crippen LogP contribution in [0.5, 0.6) is 0 Å². The van der Waals surface area contributed by atoms with Crippen molar-refractivity contribution in [2.45, 2.75) is 13.5 Å². The Morgan fingerprint density at radius 3 is 3.05 bits per heavy atom. The number of carbonyl (C=O) groups excluding carboxylic acids is 1. The molecule has 0 aromatic carbocycles. The molecule has 0 fully saturated rings. The lowest BCUT2D eigenvalue weighted by Gasteiger charge is -1.99. The van der Waals surface area contributed by atoms with Crippen LogP contribution in [0.4, 0.5) is 0 Å². The zero-order valence-electron chi connectivity index (χ0n) is 10.7. The maximum Gasteiger partial charge on any atom is 0.261 e. The van der Waals surface area contributed by atoms with Crippen LogP contribution in [0.1, 0.15) is 20.9 Å². The van der Waals surface area contributed by atoms with Gasteiger partial charge in [-0.05, 0) is 35.4 Å². The van der Waals surface area contributed by atoms with Gasteiger partial charge in [-0.25, -0.2) is 4.68 Å². The van der Waals surface area contributed by atoms with Crippen molar-refractivity contribution in [3.8, 4) is 5.69 Å². The van der Waals surface area contributed by atoms with Crippen molar-refractivity contribution in [1.29, 1.82) is 0 Å². The maximum absolute atomic E-state index is 11.9. The van der Waals surface area contributed by atoms with Gasteiger partial charge in [-0.3, -0.25) is 4.79 Å². The number of aryl methyl sites for hydroxylation is 1. The molecule has 0 aliphatic carbocycles. The van der Waals surface area contributed by atoms with Crippen LogP contribution in [0.25, 0.3) is 5.69 Å². The second kappa shape index (κ2) is 5.56. The Morgan fingerprint density at radius 1 is 1.45 bits per heavy atom. The molecule has 0 atom stereocenters. The van der Waals surface area contributed by atoms with Gasteiger partial charge in [0, 0.05) is 5.38 Å². The Bertz CT molecular complexity index is 714. The third-order valence-corrected chi connectivity index (χ3v) is 4.41. The third-order valence-electron chi connectivity index (χ3n) is 2.70. The topological polar surface area (TPSA) is 59.8 Å². The zero-order valence-corrected chi connectivity index (χ0v) is 12.4. The molecule has 3 aromatic heterocycles. The van der Waals surface area contributed by atoms with E-state index in [0.29, 0.717) is 11.4 Å². The van der Waals surface area contributed by atoms with Crippen molar-refractivity contribution in [3.05, 3.63) is 50.6 Å². The summed E-state index contributed by atoms with van der Waals surface area (Å²) in [5.41, 5.74) is 2.82. The van der Waals surface area contributed by atoms with E-state index in [1.165, 1.54) is 11.3 Å². The lowest BCUT2D eigenvalue weighted by molar-refractivity contribution is 0.0954. The first kappa shape index (κ1) is 13.0. The quantitative estimate of drug-likeness (QED) is 0.806. The highest BCUT2D eigenvalue weighted by atomic mass is 32.1. The molecule has 3 heterocycles. The fourth-order valence-corrected chi connectivity index (χ4v) is 3.14. The molecule has 3 rings (SSSR count). The van der Waals surface area contributed by atoms with Gasteiger partial charge in [0.1, 0.15) is 5.69 Å². The van der Waals surface area contributed by atoms with Crippen molar-refractivity contribution >= 4 is 28.6 Å². The predicted octanol–water partition coefficient (Wildman–Crippen LogP) is 2.63. The number of amides is 1. The molecule has 0 saturated carbocycles. The first-order chi connectivity index (χ1) is 9.72. The Morgan fingerprint density at radius 2 is 2.35 bits per heavy atom. The molecular formula is C13H12N4OS2. The van der Waals surface area contributed by atoms with Gasteiger partial charge in [0.05, 0.1) is 23.3 Å². The Balaban J connectivity index is 1.63. The SMILES string of the molecule is Cc1csc(C(=O)NCc2cn(-c3ccsc3)nn2)c1. The summed E-state index contributed by atoms with van der Waals surface area (Å²) in [6.45, 7) is 2.35. The van der Waals surface area contributed by atoms with Crippen LogP contribution in [-0.2, 0) is 6.54 Å². The average molecular weight is 304 g/mol. The van der Waals surface area contributed by atoms with Crippen LogP contribution < -0.4 is 5.32 Å².